The number of carbonyl (C=O) groups is 2. The number of aliphatic hydroxyl groups excluding tert-OH is 1. The fourth-order valence-corrected chi connectivity index (χ4v) is 9.83. The second kappa shape index (κ2) is 17.5. The zero-order valence-electron chi connectivity index (χ0n) is 36.2. The van der Waals surface area contributed by atoms with Crippen molar-refractivity contribution in [3.63, 3.8) is 0 Å². The summed E-state index contributed by atoms with van der Waals surface area (Å²) in [4.78, 5) is 34.2. The molecule has 5 aromatic carbocycles. The standard InChI is InChI=1S/C52H50FN3O8/c1-31(61-4)39-43(53)37-25-36-26-38-44(55(2)3)48-42(51(54-64-48)63-30-35-23-15-8-16-24-35)50(59)52(38,60)49(58)40(36)46(57)41(37)47(62-29-34-21-13-7-14-22-34)45(39)56(27-32-17-9-5-10-18-32)28-33-19-11-6-12-20-33/h5-24,31,36,38,44,58,60H,25-30H2,1-4H3/t31?,36-,38-,44-,52-/m0/s1. The number of benzene rings is 5. The average Bonchev–Trinajstić information content (AvgIpc) is 3.73. The normalized spacial score (nSPS) is 20.6. The van der Waals surface area contributed by atoms with Gasteiger partial charge in [0, 0.05) is 42.8 Å². The van der Waals surface area contributed by atoms with Crippen LogP contribution in [0.15, 0.2) is 137 Å². The van der Waals surface area contributed by atoms with Gasteiger partial charge in [0.15, 0.2) is 22.9 Å². The Morgan fingerprint density at radius 3 is 1.88 bits per heavy atom. The molecule has 1 unspecified atom stereocenters. The zero-order valence-corrected chi connectivity index (χ0v) is 36.2. The number of methoxy groups -OCH3 is 1. The second-order valence-electron chi connectivity index (χ2n) is 17.1. The molecule has 64 heavy (non-hydrogen) atoms. The fraction of sp³-hybridized carbons (Fsp3) is 0.288. The topological polar surface area (TPSA) is 135 Å². The first-order chi connectivity index (χ1) is 31.0. The number of aromatic nitrogens is 1. The molecule has 3 aliphatic carbocycles. The molecule has 0 amide bonds. The van der Waals surface area contributed by atoms with Gasteiger partial charge in [0.2, 0.25) is 5.78 Å². The maximum absolute atomic E-state index is 18.0. The lowest BCUT2D eigenvalue weighted by molar-refractivity contribution is -0.0560. The zero-order chi connectivity index (χ0) is 44.7. The van der Waals surface area contributed by atoms with E-state index < -0.39 is 52.7 Å². The van der Waals surface area contributed by atoms with E-state index in [1.54, 1.807) is 25.9 Å². The Morgan fingerprint density at radius 1 is 0.812 bits per heavy atom. The number of halogens is 1. The Hall–Kier alpha value is -6.60. The molecule has 0 fully saturated rings. The predicted molar refractivity (Wildman–Crippen MR) is 238 cm³/mol. The van der Waals surface area contributed by atoms with E-state index in [0.717, 1.165) is 22.3 Å². The van der Waals surface area contributed by atoms with Crippen molar-refractivity contribution in [1.82, 2.24) is 10.1 Å². The summed E-state index contributed by atoms with van der Waals surface area (Å²) in [7, 11) is 5.05. The van der Waals surface area contributed by atoms with Crippen LogP contribution in [0.1, 0.15) is 85.3 Å². The Balaban J connectivity index is 1.23. The van der Waals surface area contributed by atoms with E-state index in [1.165, 1.54) is 7.11 Å². The number of aliphatic hydroxyl groups is 2. The van der Waals surface area contributed by atoms with Crippen molar-refractivity contribution in [3.05, 3.63) is 189 Å². The van der Waals surface area contributed by atoms with E-state index in [1.807, 2.05) is 126 Å². The summed E-state index contributed by atoms with van der Waals surface area (Å²) in [5.74, 6) is -4.69. The molecule has 3 aliphatic rings. The number of ether oxygens (including phenoxy) is 3. The number of fused-ring (bicyclic) bond motifs is 4. The van der Waals surface area contributed by atoms with Gasteiger partial charge in [-0.2, -0.15) is 0 Å². The molecule has 0 saturated heterocycles. The van der Waals surface area contributed by atoms with Gasteiger partial charge in [0.05, 0.1) is 23.4 Å². The minimum atomic E-state index is -2.58. The molecule has 0 saturated carbocycles. The summed E-state index contributed by atoms with van der Waals surface area (Å²) in [6, 6.07) is 37.5. The number of allylic oxidation sites excluding steroid dienone is 1. The van der Waals surface area contributed by atoms with Gasteiger partial charge in [0.25, 0.3) is 5.88 Å². The molecule has 328 valence electrons. The smallest absolute Gasteiger partial charge is 0.265 e. The van der Waals surface area contributed by atoms with Gasteiger partial charge in [-0.15, -0.1) is 0 Å². The van der Waals surface area contributed by atoms with Crippen molar-refractivity contribution in [2.45, 2.75) is 63.8 Å². The molecular weight excluding hydrogens is 814 g/mol. The summed E-state index contributed by atoms with van der Waals surface area (Å²) in [6.45, 7) is 2.46. The third-order valence-electron chi connectivity index (χ3n) is 12.9. The van der Waals surface area contributed by atoms with Crippen LogP contribution in [0, 0.1) is 17.7 Å². The van der Waals surface area contributed by atoms with Crippen LogP contribution in [-0.4, -0.2) is 58.6 Å². The van der Waals surface area contributed by atoms with Crippen molar-refractivity contribution in [2.75, 3.05) is 26.1 Å². The van der Waals surface area contributed by atoms with Crippen LogP contribution in [0.25, 0.3) is 0 Å². The number of hydrogen-bond donors (Lipinski definition) is 2. The molecule has 6 aromatic rings. The number of rotatable bonds is 14. The number of nitrogens with zero attached hydrogens (tertiary/aromatic N) is 3. The van der Waals surface area contributed by atoms with E-state index in [0.29, 0.717) is 18.8 Å². The van der Waals surface area contributed by atoms with Crippen molar-refractivity contribution in [2.24, 2.45) is 11.8 Å². The largest absolute Gasteiger partial charge is 0.508 e. The highest BCUT2D eigenvalue weighted by Crippen LogP contribution is 2.58. The van der Waals surface area contributed by atoms with E-state index in [-0.39, 0.29) is 71.3 Å². The summed E-state index contributed by atoms with van der Waals surface area (Å²) in [5, 5.41) is 29.5. The number of ketones is 2. The molecule has 0 spiro atoms. The lowest BCUT2D eigenvalue weighted by Gasteiger charge is -2.49. The molecule has 0 radical (unpaired) electrons. The maximum Gasteiger partial charge on any atom is 0.265 e. The van der Waals surface area contributed by atoms with Gasteiger partial charge in [-0.05, 0) is 67.2 Å². The SMILES string of the molecule is COC(C)c1c(F)c2c(c(OCc3ccccc3)c1N(Cc1ccccc1)Cc1ccccc1)C(=O)C1=C(O)[C@]3(O)C(=O)c4c(OCc5ccccc5)noc4[C@@H](N(C)C)[C@@H]3C[C@@H]1C2. The average molecular weight is 864 g/mol. The Kier molecular flexibility index (Phi) is 11.7. The number of carbonyl (C=O) groups excluding carboxylic acids is 2. The van der Waals surface area contributed by atoms with Gasteiger partial charge in [-0.25, -0.2) is 4.39 Å². The molecule has 11 nitrogen and oxygen atoms in total. The minimum Gasteiger partial charge on any atom is -0.508 e. The van der Waals surface area contributed by atoms with E-state index in [9.17, 15) is 15.0 Å². The van der Waals surface area contributed by atoms with Crippen LogP contribution in [0.5, 0.6) is 11.6 Å². The Bertz CT molecular complexity index is 2670. The quantitative estimate of drug-likeness (QED) is 0.109. The molecule has 2 N–H and O–H groups in total. The minimum absolute atomic E-state index is 0.0238. The second-order valence-corrected chi connectivity index (χ2v) is 17.1. The molecular formula is C52H50FN3O8. The molecule has 0 bridgehead atoms. The highest BCUT2D eigenvalue weighted by atomic mass is 19.1. The lowest BCUT2D eigenvalue weighted by Crippen LogP contribution is -2.59. The summed E-state index contributed by atoms with van der Waals surface area (Å²) in [6.07, 6.45) is -0.798. The molecule has 1 aromatic heterocycles. The van der Waals surface area contributed by atoms with Crippen LogP contribution in [0.3, 0.4) is 0 Å². The Labute approximate surface area is 371 Å². The highest BCUT2D eigenvalue weighted by molar-refractivity contribution is 6.17. The van der Waals surface area contributed by atoms with Gasteiger partial charge < -0.3 is 33.8 Å². The number of hydrogen-bond acceptors (Lipinski definition) is 11. The molecule has 5 atom stereocenters. The number of Topliss-reactive ketones (excluding diaryl/α,β-unsaturated/α-hetero) is 2. The van der Waals surface area contributed by atoms with E-state index in [2.05, 4.69) is 5.16 Å². The first-order valence-electron chi connectivity index (χ1n) is 21.5. The Morgan fingerprint density at radius 2 is 1.34 bits per heavy atom. The maximum atomic E-state index is 18.0. The first-order valence-corrected chi connectivity index (χ1v) is 21.5. The van der Waals surface area contributed by atoms with Crippen molar-refractivity contribution in [1.29, 1.82) is 0 Å². The fourth-order valence-electron chi connectivity index (χ4n) is 9.83. The lowest BCUT2D eigenvalue weighted by atomic mass is 9.58. The van der Waals surface area contributed by atoms with Crippen LogP contribution < -0.4 is 14.4 Å². The monoisotopic (exact) mass is 863 g/mol. The molecule has 0 aliphatic heterocycles. The van der Waals surface area contributed by atoms with E-state index in [4.69, 9.17) is 18.7 Å². The van der Waals surface area contributed by atoms with Crippen LogP contribution >= 0.6 is 0 Å². The summed E-state index contributed by atoms with van der Waals surface area (Å²) >= 11 is 0. The van der Waals surface area contributed by atoms with Crippen LogP contribution in [-0.2, 0) is 37.5 Å². The van der Waals surface area contributed by atoms with Gasteiger partial charge >= 0.3 is 0 Å². The molecule has 9 rings (SSSR count). The highest BCUT2D eigenvalue weighted by Gasteiger charge is 2.64. The van der Waals surface area contributed by atoms with Gasteiger partial charge in [-0.3, -0.25) is 14.5 Å². The third-order valence-corrected chi connectivity index (χ3v) is 12.9. The van der Waals surface area contributed by atoms with Crippen molar-refractivity contribution in [3.8, 4) is 11.6 Å². The molecule has 12 heteroatoms. The summed E-state index contributed by atoms with van der Waals surface area (Å²) in [5.41, 5.74) is 1.20. The third kappa shape index (κ3) is 7.44. The summed E-state index contributed by atoms with van der Waals surface area (Å²) < 4.78 is 42.6. The number of anilines is 1. The van der Waals surface area contributed by atoms with Crippen LogP contribution in [0.2, 0.25) is 0 Å². The molecule has 1 heterocycles. The van der Waals surface area contributed by atoms with Crippen LogP contribution in [0.4, 0.5) is 10.1 Å². The van der Waals surface area contributed by atoms with Gasteiger partial charge in [-0.1, -0.05) is 121 Å². The van der Waals surface area contributed by atoms with Crippen molar-refractivity contribution < 1.29 is 42.9 Å². The van der Waals surface area contributed by atoms with Gasteiger partial charge in [0.1, 0.15) is 30.4 Å². The predicted octanol–water partition coefficient (Wildman–Crippen LogP) is 9.30. The van der Waals surface area contributed by atoms with E-state index >= 15 is 9.18 Å². The first kappa shape index (κ1) is 42.7. The van der Waals surface area contributed by atoms with Crippen molar-refractivity contribution >= 4 is 17.3 Å².